The minimum atomic E-state index is 0.643. The first-order chi connectivity index (χ1) is 9.70. The Morgan fingerprint density at radius 1 is 1.20 bits per heavy atom. The Kier molecular flexibility index (Phi) is 5.26. The van der Waals surface area contributed by atoms with Gasteiger partial charge in [0.1, 0.15) is 0 Å². The molecule has 3 heterocycles. The van der Waals surface area contributed by atoms with E-state index in [9.17, 15) is 0 Å². The number of rotatable bonds is 3. The lowest BCUT2D eigenvalue weighted by Gasteiger charge is -2.40. The molecular formula is C14H22ClN3S2. The number of aromatic nitrogens is 1. The van der Waals surface area contributed by atoms with E-state index >= 15 is 0 Å². The number of nitrogens with zero attached hydrogens (tertiary/aromatic N) is 3. The van der Waals surface area contributed by atoms with E-state index in [4.69, 9.17) is 11.6 Å². The summed E-state index contributed by atoms with van der Waals surface area (Å²) in [6.45, 7) is 7.36. The lowest BCUT2D eigenvalue weighted by molar-refractivity contribution is 0.103. The zero-order chi connectivity index (χ0) is 13.9. The van der Waals surface area contributed by atoms with Crippen LogP contribution in [-0.2, 0) is 0 Å². The van der Waals surface area contributed by atoms with Crippen molar-refractivity contribution in [1.29, 1.82) is 0 Å². The minimum Gasteiger partial charge on any atom is -0.300 e. The van der Waals surface area contributed by atoms with Gasteiger partial charge in [-0.3, -0.25) is 0 Å². The van der Waals surface area contributed by atoms with Crippen LogP contribution >= 0.6 is 34.9 Å². The monoisotopic (exact) mass is 331 g/mol. The standard InChI is InChI=1S/C14H22ClN3S2/c1-11-2-6-17(7-3-11)12-4-8-18(9-5-12)20-13-10-16-14(15)19-13/h10-12H,2-9H2,1H3. The van der Waals surface area contributed by atoms with Crippen LogP contribution in [0.2, 0.25) is 4.47 Å². The molecular weight excluding hydrogens is 310 g/mol. The zero-order valence-corrected chi connectivity index (χ0v) is 14.3. The maximum absolute atomic E-state index is 5.88. The highest BCUT2D eigenvalue weighted by atomic mass is 35.5. The normalized spacial score (nSPS) is 24.3. The van der Waals surface area contributed by atoms with E-state index in [-0.39, 0.29) is 0 Å². The summed E-state index contributed by atoms with van der Waals surface area (Å²) >= 11 is 9.28. The van der Waals surface area contributed by atoms with Gasteiger partial charge in [-0.05, 0) is 56.6 Å². The topological polar surface area (TPSA) is 19.4 Å². The van der Waals surface area contributed by atoms with Crippen LogP contribution in [0, 0.1) is 5.92 Å². The summed E-state index contributed by atoms with van der Waals surface area (Å²) in [5, 5.41) is 0. The first-order valence-electron chi connectivity index (χ1n) is 7.49. The summed E-state index contributed by atoms with van der Waals surface area (Å²) in [4.78, 5) is 6.83. The average Bonchev–Trinajstić information content (AvgIpc) is 2.86. The number of piperidine rings is 2. The molecule has 0 aromatic carbocycles. The third kappa shape index (κ3) is 3.89. The molecule has 112 valence electrons. The molecule has 6 heteroatoms. The molecule has 1 aromatic rings. The SMILES string of the molecule is CC1CCN(C2CCN(Sc3cnc(Cl)s3)CC2)CC1. The highest BCUT2D eigenvalue weighted by Crippen LogP contribution is 2.33. The Balaban J connectivity index is 1.45. The summed E-state index contributed by atoms with van der Waals surface area (Å²) < 4.78 is 4.32. The van der Waals surface area contributed by atoms with Gasteiger partial charge in [-0.2, -0.15) is 0 Å². The van der Waals surface area contributed by atoms with Crippen molar-refractivity contribution in [3.05, 3.63) is 10.7 Å². The molecule has 3 nitrogen and oxygen atoms in total. The molecule has 0 saturated carbocycles. The van der Waals surface area contributed by atoms with Crippen molar-refractivity contribution in [1.82, 2.24) is 14.2 Å². The number of halogens is 1. The van der Waals surface area contributed by atoms with Crippen LogP contribution in [0.4, 0.5) is 0 Å². The molecule has 0 unspecified atom stereocenters. The van der Waals surface area contributed by atoms with Gasteiger partial charge in [-0.15, -0.1) is 0 Å². The summed E-state index contributed by atoms with van der Waals surface area (Å²) in [5.41, 5.74) is 0. The van der Waals surface area contributed by atoms with Gasteiger partial charge in [0.25, 0.3) is 0 Å². The van der Waals surface area contributed by atoms with Crippen molar-refractivity contribution in [3.8, 4) is 0 Å². The predicted molar refractivity (Wildman–Crippen MR) is 87.5 cm³/mol. The molecule has 0 N–H and O–H groups in total. The first kappa shape index (κ1) is 15.1. The van der Waals surface area contributed by atoms with Gasteiger partial charge in [0.15, 0.2) is 4.47 Å². The van der Waals surface area contributed by atoms with Crippen molar-refractivity contribution in [2.75, 3.05) is 26.2 Å². The van der Waals surface area contributed by atoms with Gasteiger partial charge in [0.05, 0.1) is 10.4 Å². The quantitative estimate of drug-likeness (QED) is 0.779. The molecule has 20 heavy (non-hydrogen) atoms. The molecule has 2 aliphatic heterocycles. The number of hydrogen-bond donors (Lipinski definition) is 0. The molecule has 3 rings (SSSR count). The van der Waals surface area contributed by atoms with Crippen molar-refractivity contribution >= 4 is 34.9 Å². The van der Waals surface area contributed by atoms with Crippen molar-refractivity contribution in [2.45, 2.75) is 42.9 Å². The van der Waals surface area contributed by atoms with E-state index in [1.54, 1.807) is 11.3 Å². The second-order valence-electron chi connectivity index (χ2n) is 5.90. The van der Waals surface area contributed by atoms with Crippen molar-refractivity contribution in [3.63, 3.8) is 0 Å². The maximum atomic E-state index is 5.88. The summed E-state index contributed by atoms with van der Waals surface area (Å²) in [6, 6.07) is 0.810. The molecule has 0 amide bonds. The lowest BCUT2D eigenvalue weighted by atomic mass is 9.95. The molecule has 0 aliphatic carbocycles. The molecule has 0 bridgehead atoms. The summed E-state index contributed by atoms with van der Waals surface area (Å²) in [6.07, 6.45) is 7.25. The lowest BCUT2D eigenvalue weighted by Crippen LogP contribution is -2.46. The maximum Gasteiger partial charge on any atom is 0.184 e. The highest BCUT2D eigenvalue weighted by Gasteiger charge is 2.27. The van der Waals surface area contributed by atoms with E-state index in [0.29, 0.717) is 4.47 Å². The van der Waals surface area contributed by atoms with E-state index in [2.05, 4.69) is 21.1 Å². The largest absolute Gasteiger partial charge is 0.300 e. The molecule has 2 fully saturated rings. The number of thiazole rings is 1. The second kappa shape index (κ2) is 6.97. The molecule has 0 atom stereocenters. The number of hydrogen-bond acceptors (Lipinski definition) is 5. The molecule has 0 radical (unpaired) electrons. The fraction of sp³-hybridized carbons (Fsp3) is 0.786. The van der Waals surface area contributed by atoms with Crippen LogP contribution in [0.1, 0.15) is 32.6 Å². The first-order valence-corrected chi connectivity index (χ1v) is 9.46. The van der Waals surface area contributed by atoms with Gasteiger partial charge in [-0.25, -0.2) is 9.29 Å². The average molecular weight is 332 g/mol. The van der Waals surface area contributed by atoms with Crippen LogP contribution in [0.15, 0.2) is 10.4 Å². The van der Waals surface area contributed by atoms with Crippen LogP contribution in [0.25, 0.3) is 0 Å². The molecule has 2 aliphatic rings. The molecule has 2 saturated heterocycles. The summed E-state index contributed by atoms with van der Waals surface area (Å²) in [7, 11) is 0. The fourth-order valence-corrected chi connectivity index (χ4v) is 5.36. The molecule has 1 aromatic heterocycles. The third-order valence-corrected chi connectivity index (χ3v) is 6.73. The van der Waals surface area contributed by atoms with Gasteiger partial charge in [-0.1, -0.05) is 29.9 Å². The van der Waals surface area contributed by atoms with E-state index in [1.165, 1.54) is 56.1 Å². The highest BCUT2D eigenvalue weighted by molar-refractivity contribution is 7.99. The van der Waals surface area contributed by atoms with Crippen LogP contribution in [-0.4, -0.2) is 46.4 Å². The van der Waals surface area contributed by atoms with Gasteiger partial charge in [0.2, 0.25) is 0 Å². The van der Waals surface area contributed by atoms with E-state index in [1.807, 2.05) is 18.1 Å². The van der Waals surface area contributed by atoms with Gasteiger partial charge < -0.3 is 4.90 Å². The zero-order valence-electron chi connectivity index (χ0n) is 11.9. The van der Waals surface area contributed by atoms with Crippen molar-refractivity contribution < 1.29 is 0 Å². The Labute approximate surface area is 134 Å². The summed E-state index contributed by atoms with van der Waals surface area (Å²) in [5.74, 6) is 0.929. The van der Waals surface area contributed by atoms with Crippen LogP contribution in [0.5, 0.6) is 0 Å². The van der Waals surface area contributed by atoms with Crippen LogP contribution < -0.4 is 0 Å². The van der Waals surface area contributed by atoms with Crippen LogP contribution in [0.3, 0.4) is 0 Å². The predicted octanol–water partition coefficient (Wildman–Crippen LogP) is 4.00. The Morgan fingerprint density at radius 2 is 1.90 bits per heavy atom. The smallest absolute Gasteiger partial charge is 0.184 e. The third-order valence-electron chi connectivity index (χ3n) is 4.43. The van der Waals surface area contributed by atoms with E-state index in [0.717, 1.165) is 12.0 Å². The second-order valence-corrected chi connectivity index (χ2v) is 8.91. The molecule has 0 spiro atoms. The Bertz CT molecular complexity index is 424. The Hall–Kier alpha value is 0.190. The minimum absolute atomic E-state index is 0.643. The van der Waals surface area contributed by atoms with E-state index < -0.39 is 0 Å². The van der Waals surface area contributed by atoms with Gasteiger partial charge in [0, 0.05) is 19.1 Å². The Morgan fingerprint density at radius 3 is 2.50 bits per heavy atom. The van der Waals surface area contributed by atoms with Gasteiger partial charge >= 0.3 is 0 Å². The van der Waals surface area contributed by atoms with Crippen molar-refractivity contribution in [2.24, 2.45) is 5.92 Å². The fourth-order valence-electron chi connectivity index (χ4n) is 3.10. The number of likely N-dealkylation sites (tertiary alicyclic amines) is 1.